The standard InChI is InChI=1S/C2H7O3P.Al.3H/c1-2-5-6(3)4;;;;/h3-4H,2H2,1H3;;;;. The first-order valence-electron chi connectivity index (χ1n) is 1.58. The Bertz CT molecular complexity index is 34.1. The van der Waals surface area contributed by atoms with Crippen molar-refractivity contribution in [2.75, 3.05) is 6.61 Å². The van der Waals surface area contributed by atoms with E-state index in [0.717, 1.165) is 0 Å². The summed E-state index contributed by atoms with van der Waals surface area (Å²) in [6, 6.07) is 0. The predicted octanol–water partition coefficient (Wildman–Crippen LogP) is -0.950. The zero-order valence-electron chi connectivity index (χ0n) is 3.46. The lowest BCUT2D eigenvalue weighted by atomic mass is 10.9. The van der Waals surface area contributed by atoms with Crippen molar-refractivity contribution < 1.29 is 14.3 Å². The van der Waals surface area contributed by atoms with Crippen molar-refractivity contribution >= 4 is 26.0 Å². The molecule has 0 rings (SSSR count). The molecule has 0 aliphatic heterocycles. The molecule has 0 aliphatic rings. The van der Waals surface area contributed by atoms with E-state index >= 15 is 0 Å². The lowest BCUT2D eigenvalue weighted by Crippen LogP contribution is -1.78. The van der Waals surface area contributed by atoms with Crippen LogP contribution < -0.4 is 0 Å². The van der Waals surface area contributed by atoms with E-state index in [1.165, 1.54) is 0 Å². The van der Waals surface area contributed by atoms with Crippen molar-refractivity contribution in [3.63, 3.8) is 0 Å². The fraction of sp³-hybridized carbons (Fsp3) is 1.00. The smallest absolute Gasteiger partial charge is 0.327 e. The maximum Gasteiger partial charge on any atom is 0.327 e. The highest BCUT2D eigenvalue weighted by Gasteiger charge is 1.91. The van der Waals surface area contributed by atoms with Gasteiger partial charge >= 0.3 is 8.60 Å². The molecule has 5 heteroatoms. The van der Waals surface area contributed by atoms with E-state index < -0.39 is 8.60 Å². The number of hydrogen-bond donors (Lipinski definition) is 2. The molecule has 0 saturated heterocycles. The minimum atomic E-state index is -2.10. The minimum absolute atomic E-state index is 0. The van der Waals surface area contributed by atoms with Gasteiger partial charge in [-0.3, -0.25) is 0 Å². The topological polar surface area (TPSA) is 49.7 Å². The highest BCUT2D eigenvalue weighted by molar-refractivity contribution is 7.39. The summed E-state index contributed by atoms with van der Waals surface area (Å²) in [5, 5.41) is 0. The maximum atomic E-state index is 7.95. The molecule has 0 amide bonds. The van der Waals surface area contributed by atoms with E-state index in [2.05, 4.69) is 4.52 Å². The number of rotatable bonds is 2. The second-order valence-corrected chi connectivity index (χ2v) is 1.43. The molecule has 2 N–H and O–H groups in total. The molecule has 0 radical (unpaired) electrons. The van der Waals surface area contributed by atoms with Crippen LogP contribution in [-0.4, -0.2) is 33.8 Å². The van der Waals surface area contributed by atoms with Crippen LogP contribution in [0, 0.1) is 0 Å². The van der Waals surface area contributed by atoms with Gasteiger partial charge in [-0.15, -0.1) is 0 Å². The molecule has 3 nitrogen and oxygen atoms in total. The van der Waals surface area contributed by atoms with Gasteiger partial charge in [-0.25, -0.2) is 0 Å². The minimum Gasteiger partial charge on any atom is -0.328 e. The summed E-state index contributed by atoms with van der Waals surface area (Å²) in [6.45, 7) is 2.06. The molecule has 0 fully saturated rings. The fourth-order valence-corrected chi connectivity index (χ4v) is 0.346. The van der Waals surface area contributed by atoms with Crippen molar-refractivity contribution in [1.29, 1.82) is 0 Å². The largest absolute Gasteiger partial charge is 0.328 e. The summed E-state index contributed by atoms with van der Waals surface area (Å²) in [6.07, 6.45) is 0. The van der Waals surface area contributed by atoms with Gasteiger partial charge in [0.15, 0.2) is 17.4 Å². The first kappa shape index (κ1) is 10.8. The van der Waals surface area contributed by atoms with Crippen molar-refractivity contribution in [1.82, 2.24) is 0 Å². The van der Waals surface area contributed by atoms with E-state index in [0.29, 0.717) is 6.61 Å². The summed E-state index contributed by atoms with van der Waals surface area (Å²) in [5.74, 6) is 0. The van der Waals surface area contributed by atoms with Gasteiger partial charge in [0.2, 0.25) is 0 Å². The molecule has 0 aliphatic carbocycles. The fourth-order valence-electron chi connectivity index (χ4n) is 0.115. The van der Waals surface area contributed by atoms with Crippen LogP contribution >= 0.6 is 8.60 Å². The predicted molar refractivity (Wildman–Crippen MR) is 32.9 cm³/mol. The van der Waals surface area contributed by atoms with Crippen molar-refractivity contribution in [2.45, 2.75) is 6.92 Å². The molecule has 0 heterocycles. The Balaban J connectivity index is 0. The summed E-state index contributed by atoms with van der Waals surface area (Å²) in [7, 11) is -2.10. The van der Waals surface area contributed by atoms with Gasteiger partial charge in [-0.1, -0.05) is 0 Å². The Morgan fingerprint density at radius 3 is 2.00 bits per heavy atom. The molecule has 0 bridgehead atoms. The summed E-state index contributed by atoms with van der Waals surface area (Å²) in [4.78, 5) is 15.9. The van der Waals surface area contributed by atoms with Gasteiger partial charge < -0.3 is 14.3 Å². The molecular formula is C2H10AlO3P. The second kappa shape index (κ2) is 6.84. The molecule has 0 saturated carbocycles. The van der Waals surface area contributed by atoms with E-state index in [9.17, 15) is 0 Å². The van der Waals surface area contributed by atoms with Crippen LogP contribution in [0.25, 0.3) is 0 Å². The molecule has 7 heavy (non-hydrogen) atoms. The van der Waals surface area contributed by atoms with Crippen LogP contribution in [0.5, 0.6) is 0 Å². The van der Waals surface area contributed by atoms with Crippen LogP contribution in [0.4, 0.5) is 0 Å². The summed E-state index contributed by atoms with van der Waals surface area (Å²) in [5.41, 5.74) is 0. The van der Waals surface area contributed by atoms with Gasteiger partial charge in [0, 0.05) is 0 Å². The maximum absolute atomic E-state index is 7.95. The Morgan fingerprint density at radius 1 is 1.57 bits per heavy atom. The monoisotopic (exact) mass is 140 g/mol. The van der Waals surface area contributed by atoms with Crippen molar-refractivity contribution in [3.05, 3.63) is 0 Å². The molecule has 0 atom stereocenters. The molecular weight excluding hydrogens is 130 g/mol. The van der Waals surface area contributed by atoms with E-state index in [-0.39, 0.29) is 17.4 Å². The Hall–Kier alpha value is 0.842. The Labute approximate surface area is 54.4 Å². The first-order chi connectivity index (χ1) is 2.77. The van der Waals surface area contributed by atoms with Gasteiger partial charge in [-0.05, 0) is 6.92 Å². The average molecular weight is 140 g/mol. The Morgan fingerprint density at radius 2 is 2.00 bits per heavy atom. The van der Waals surface area contributed by atoms with Crippen LogP contribution in [0.15, 0.2) is 0 Å². The third-order valence-corrected chi connectivity index (χ3v) is 0.734. The van der Waals surface area contributed by atoms with Crippen molar-refractivity contribution in [3.8, 4) is 0 Å². The quantitative estimate of drug-likeness (QED) is 0.384. The molecule has 0 aromatic heterocycles. The van der Waals surface area contributed by atoms with Crippen LogP contribution in [-0.2, 0) is 4.52 Å². The number of hydrogen-bond acceptors (Lipinski definition) is 3. The van der Waals surface area contributed by atoms with Crippen LogP contribution in [0.2, 0.25) is 0 Å². The third-order valence-electron chi connectivity index (χ3n) is 0.245. The average Bonchev–Trinajstić information content (AvgIpc) is 1.35. The molecule has 0 spiro atoms. The lowest BCUT2D eigenvalue weighted by Gasteiger charge is -1.95. The molecule has 44 valence electrons. The van der Waals surface area contributed by atoms with E-state index in [4.69, 9.17) is 9.79 Å². The normalized spacial score (nSPS) is 8.57. The Kier molecular flexibility index (Phi) is 10.5. The second-order valence-electron chi connectivity index (χ2n) is 0.671. The van der Waals surface area contributed by atoms with Gasteiger partial charge in [-0.2, -0.15) is 0 Å². The van der Waals surface area contributed by atoms with Gasteiger partial charge in [0.25, 0.3) is 0 Å². The molecule has 0 aromatic rings. The van der Waals surface area contributed by atoms with Gasteiger partial charge in [0.1, 0.15) is 0 Å². The molecule has 0 unspecified atom stereocenters. The van der Waals surface area contributed by atoms with Crippen molar-refractivity contribution in [2.24, 2.45) is 0 Å². The van der Waals surface area contributed by atoms with Crippen LogP contribution in [0.1, 0.15) is 6.92 Å². The molecule has 0 aromatic carbocycles. The zero-order chi connectivity index (χ0) is 4.99. The SMILES string of the molecule is CCOP(O)O.[AlH3]. The van der Waals surface area contributed by atoms with Crippen LogP contribution in [0.3, 0.4) is 0 Å². The summed E-state index contributed by atoms with van der Waals surface area (Å²) >= 11 is 0. The highest BCUT2D eigenvalue weighted by Crippen LogP contribution is 2.22. The van der Waals surface area contributed by atoms with Gasteiger partial charge in [0.05, 0.1) is 6.61 Å². The third kappa shape index (κ3) is 10.9. The lowest BCUT2D eigenvalue weighted by molar-refractivity contribution is 0.269. The highest BCUT2D eigenvalue weighted by atomic mass is 31.2. The zero-order valence-corrected chi connectivity index (χ0v) is 4.35. The van der Waals surface area contributed by atoms with E-state index in [1.54, 1.807) is 6.92 Å². The van der Waals surface area contributed by atoms with E-state index in [1.807, 2.05) is 0 Å². The summed E-state index contributed by atoms with van der Waals surface area (Å²) < 4.78 is 4.22. The first-order valence-corrected chi connectivity index (χ1v) is 2.74.